The van der Waals surface area contributed by atoms with Crippen LogP contribution < -0.4 is 5.32 Å². The fourth-order valence-corrected chi connectivity index (χ4v) is 1.26. The maximum absolute atomic E-state index is 11.6. The molecule has 0 bridgehead atoms. The van der Waals surface area contributed by atoms with Gasteiger partial charge in [0.15, 0.2) is 0 Å². The zero-order chi connectivity index (χ0) is 12.0. The Balaban J connectivity index is 2.38. The lowest BCUT2D eigenvalue weighted by atomic mass is 10.0. The SMILES string of the molecule is CCC(C)(O)CNC(=O)Cc1ccccc1. The van der Waals surface area contributed by atoms with Crippen LogP contribution in [-0.4, -0.2) is 23.2 Å². The molecule has 3 heteroatoms. The van der Waals surface area contributed by atoms with E-state index in [0.29, 0.717) is 19.4 Å². The van der Waals surface area contributed by atoms with E-state index in [9.17, 15) is 9.90 Å². The molecule has 1 rings (SSSR count). The van der Waals surface area contributed by atoms with Crippen LogP contribution in [0, 0.1) is 0 Å². The van der Waals surface area contributed by atoms with Crippen LogP contribution in [0.2, 0.25) is 0 Å². The predicted octanol–water partition coefficient (Wildman–Crippen LogP) is 1.51. The summed E-state index contributed by atoms with van der Waals surface area (Å²) >= 11 is 0. The van der Waals surface area contributed by atoms with Crippen LogP contribution in [0.25, 0.3) is 0 Å². The van der Waals surface area contributed by atoms with Crippen LogP contribution in [-0.2, 0) is 11.2 Å². The molecule has 1 atom stereocenters. The summed E-state index contributed by atoms with van der Waals surface area (Å²) in [4.78, 5) is 11.6. The molecule has 0 aromatic heterocycles. The average Bonchev–Trinajstić information content (AvgIpc) is 2.28. The van der Waals surface area contributed by atoms with Crippen molar-refractivity contribution >= 4 is 5.91 Å². The minimum Gasteiger partial charge on any atom is -0.388 e. The van der Waals surface area contributed by atoms with Gasteiger partial charge in [-0.05, 0) is 18.9 Å². The van der Waals surface area contributed by atoms with Gasteiger partial charge in [0.05, 0.1) is 12.0 Å². The first-order chi connectivity index (χ1) is 7.53. The van der Waals surface area contributed by atoms with E-state index >= 15 is 0 Å². The minimum atomic E-state index is -0.813. The Hall–Kier alpha value is -1.35. The van der Waals surface area contributed by atoms with Gasteiger partial charge in [-0.25, -0.2) is 0 Å². The summed E-state index contributed by atoms with van der Waals surface area (Å²) in [5.74, 6) is -0.0556. The third kappa shape index (κ3) is 4.45. The van der Waals surface area contributed by atoms with Gasteiger partial charge in [0.25, 0.3) is 0 Å². The quantitative estimate of drug-likeness (QED) is 0.791. The van der Waals surface area contributed by atoms with Crippen molar-refractivity contribution in [2.75, 3.05) is 6.54 Å². The number of hydrogen-bond donors (Lipinski definition) is 2. The first kappa shape index (κ1) is 12.7. The van der Waals surface area contributed by atoms with Gasteiger partial charge in [-0.1, -0.05) is 37.3 Å². The van der Waals surface area contributed by atoms with Crippen LogP contribution in [0.1, 0.15) is 25.8 Å². The van der Waals surface area contributed by atoms with Crippen molar-refractivity contribution in [3.8, 4) is 0 Å². The Morgan fingerprint density at radius 3 is 2.56 bits per heavy atom. The maximum Gasteiger partial charge on any atom is 0.224 e. The molecular weight excluding hydrogens is 202 g/mol. The van der Waals surface area contributed by atoms with E-state index in [1.54, 1.807) is 6.92 Å². The highest BCUT2D eigenvalue weighted by atomic mass is 16.3. The zero-order valence-electron chi connectivity index (χ0n) is 9.86. The molecule has 0 spiro atoms. The summed E-state index contributed by atoms with van der Waals surface area (Å²) in [5, 5.41) is 12.5. The highest BCUT2D eigenvalue weighted by Crippen LogP contribution is 2.06. The third-order valence-corrected chi connectivity index (χ3v) is 2.64. The van der Waals surface area contributed by atoms with E-state index in [4.69, 9.17) is 0 Å². The monoisotopic (exact) mass is 221 g/mol. The van der Waals surface area contributed by atoms with Crippen molar-refractivity contribution in [3.05, 3.63) is 35.9 Å². The lowest BCUT2D eigenvalue weighted by molar-refractivity contribution is -0.121. The molecule has 0 aliphatic heterocycles. The van der Waals surface area contributed by atoms with Crippen molar-refractivity contribution in [2.45, 2.75) is 32.3 Å². The van der Waals surface area contributed by atoms with E-state index < -0.39 is 5.60 Å². The van der Waals surface area contributed by atoms with Crippen LogP contribution in [0.5, 0.6) is 0 Å². The topological polar surface area (TPSA) is 49.3 Å². The van der Waals surface area contributed by atoms with Gasteiger partial charge >= 0.3 is 0 Å². The summed E-state index contributed by atoms with van der Waals surface area (Å²) in [6.07, 6.45) is 0.985. The number of rotatable bonds is 5. The molecule has 2 N–H and O–H groups in total. The fraction of sp³-hybridized carbons (Fsp3) is 0.462. The van der Waals surface area contributed by atoms with Crippen molar-refractivity contribution in [1.82, 2.24) is 5.32 Å². The predicted molar refractivity (Wildman–Crippen MR) is 64.1 cm³/mol. The van der Waals surface area contributed by atoms with Gasteiger partial charge < -0.3 is 10.4 Å². The summed E-state index contributed by atoms with van der Waals surface area (Å²) in [6.45, 7) is 3.91. The number of aliphatic hydroxyl groups is 1. The number of carbonyl (C=O) groups is 1. The molecule has 0 fully saturated rings. The number of benzene rings is 1. The van der Waals surface area contributed by atoms with Crippen molar-refractivity contribution in [1.29, 1.82) is 0 Å². The van der Waals surface area contributed by atoms with Crippen LogP contribution >= 0.6 is 0 Å². The molecule has 88 valence electrons. The van der Waals surface area contributed by atoms with E-state index in [1.165, 1.54) is 0 Å². The first-order valence-electron chi connectivity index (χ1n) is 5.56. The first-order valence-corrected chi connectivity index (χ1v) is 5.56. The summed E-state index contributed by atoms with van der Waals surface area (Å²) < 4.78 is 0. The fourth-order valence-electron chi connectivity index (χ4n) is 1.26. The maximum atomic E-state index is 11.6. The lowest BCUT2D eigenvalue weighted by Gasteiger charge is -2.21. The Morgan fingerprint density at radius 1 is 1.38 bits per heavy atom. The Bertz CT molecular complexity index is 333. The Kier molecular flexibility index (Phi) is 4.50. The molecule has 3 nitrogen and oxygen atoms in total. The molecule has 0 radical (unpaired) electrons. The smallest absolute Gasteiger partial charge is 0.224 e. The molecule has 1 amide bonds. The summed E-state index contributed by atoms with van der Waals surface area (Å²) in [5.41, 5.74) is 0.169. The Morgan fingerprint density at radius 2 is 2.00 bits per heavy atom. The van der Waals surface area contributed by atoms with Gasteiger partial charge in [-0.15, -0.1) is 0 Å². The van der Waals surface area contributed by atoms with Crippen LogP contribution in [0.3, 0.4) is 0 Å². The van der Waals surface area contributed by atoms with E-state index in [2.05, 4.69) is 5.32 Å². The van der Waals surface area contributed by atoms with Gasteiger partial charge in [-0.3, -0.25) is 4.79 Å². The number of nitrogens with one attached hydrogen (secondary N) is 1. The van der Waals surface area contributed by atoms with Gasteiger partial charge in [0.1, 0.15) is 0 Å². The zero-order valence-corrected chi connectivity index (χ0v) is 9.86. The highest BCUT2D eigenvalue weighted by molar-refractivity contribution is 5.78. The molecule has 0 heterocycles. The molecule has 0 aliphatic carbocycles. The minimum absolute atomic E-state index is 0.0556. The molecular formula is C13H19NO2. The molecule has 1 aromatic carbocycles. The second kappa shape index (κ2) is 5.66. The van der Waals surface area contributed by atoms with Crippen LogP contribution in [0.4, 0.5) is 0 Å². The molecule has 0 saturated heterocycles. The second-order valence-corrected chi connectivity index (χ2v) is 4.29. The number of carbonyl (C=O) groups excluding carboxylic acids is 1. The van der Waals surface area contributed by atoms with E-state index in [0.717, 1.165) is 5.56 Å². The van der Waals surface area contributed by atoms with Crippen molar-refractivity contribution in [3.63, 3.8) is 0 Å². The third-order valence-electron chi connectivity index (χ3n) is 2.64. The molecule has 1 aromatic rings. The van der Waals surface area contributed by atoms with Crippen molar-refractivity contribution < 1.29 is 9.90 Å². The Labute approximate surface area is 96.5 Å². The normalized spacial score (nSPS) is 14.2. The summed E-state index contributed by atoms with van der Waals surface area (Å²) in [6, 6.07) is 9.56. The van der Waals surface area contributed by atoms with Gasteiger partial charge in [0, 0.05) is 6.54 Å². The van der Waals surface area contributed by atoms with E-state index in [1.807, 2.05) is 37.3 Å². The number of amides is 1. The average molecular weight is 221 g/mol. The van der Waals surface area contributed by atoms with Gasteiger partial charge in [0.2, 0.25) is 5.91 Å². The molecule has 16 heavy (non-hydrogen) atoms. The largest absolute Gasteiger partial charge is 0.388 e. The molecule has 1 unspecified atom stereocenters. The van der Waals surface area contributed by atoms with Gasteiger partial charge in [-0.2, -0.15) is 0 Å². The number of hydrogen-bond acceptors (Lipinski definition) is 2. The van der Waals surface area contributed by atoms with Crippen LogP contribution in [0.15, 0.2) is 30.3 Å². The van der Waals surface area contributed by atoms with E-state index in [-0.39, 0.29) is 5.91 Å². The molecule has 0 saturated carbocycles. The van der Waals surface area contributed by atoms with Crippen molar-refractivity contribution in [2.24, 2.45) is 0 Å². The second-order valence-electron chi connectivity index (χ2n) is 4.29. The molecule has 0 aliphatic rings. The summed E-state index contributed by atoms with van der Waals surface area (Å²) in [7, 11) is 0. The standard InChI is InChI=1S/C13H19NO2/c1-3-13(2,16)10-14-12(15)9-11-7-5-4-6-8-11/h4-8,16H,3,9-10H2,1-2H3,(H,14,15). The highest BCUT2D eigenvalue weighted by Gasteiger charge is 2.18. The lowest BCUT2D eigenvalue weighted by Crippen LogP contribution is -2.40.